The maximum atomic E-state index is 9.43. The number of hydrogen-bond donors (Lipinski definition) is 1. The molecular weight excluding hydrogens is 196 g/mol. The Bertz CT molecular complexity index is 440. The molecule has 0 saturated carbocycles. The van der Waals surface area contributed by atoms with Crippen LogP contribution < -0.4 is 4.74 Å². The second-order valence-corrected chi connectivity index (χ2v) is 3.04. The quantitative estimate of drug-likeness (QED) is 0.827. The first-order valence-corrected chi connectivity index (χ1v) is 4.44. The summed E-state index contributed by atoms with van der Waals surface area (Å²) in [6.07, 6.45) is 1.24. The molecule has 0 fully saturated rings. The minimum absolute atomic E-state index is 0.209. The van der Waals surface area contributed by atoms with Crippen LogP contribution in [0.1, 0.15) is 11.4 Å². The smallest absolute Gasteiger partial charge is 0.213 e. The monoisotopic (exact) mass is 206 g/mol. The van der Waals surface area contributed by atoms with Crippen molar-refractivity contribution in [2.75, 3.05) is 0 Å². The fourth-order valence-electron chi connectivity index (χ4n) is 1.16. The van der Waals surface area contributed by atoms with Crippen LogP contribution in [0.25, 0.3) is 0 Å². The van der Waals surface area contributed by atoms with Gasteiger partial charge < -0.3 is 14.4 Å². The molecule has 0 aliphatic rings. The normalized spacial score (nSPS) is 10.2. The van der Waals surface area contributed by atoms with Crippen molar-refractivity contribution in [1.82, 2.24) is 10.1 Å². The maximum absolute atomic E-state index is 9.43. The van der Waals surface area contributed by atoms with Crippen LogP contribution in [-0.2, 0) is 6.61 Å². The fraction of sp³-hybridized carbons (Fsp3) is 0.200. The van der Waals surface area contributed by atoms with Crippen molar-refractivity contribution in [2.45, 2.75) is 13.5 Å². The SMILES string of the molecule is Cc1c(O)cccc1OCc1ncon1. The van der Waals surface area contributed by atoms with Gasteiger partial charge in [-0.3, -0.25) is 0 Å². The molecule has 2 rings (SSSR count). The van der Waals surface area contributed by atoms with Crippen molar-refractivity contribution >= 4 is 0 Å². The van der Waals surface area contributed by atoms with E-state index in [1.807, 2.05) is 0 Å². The molecule has 2 aromatic rings. The zero-order valence-electron chi connectivity index (χ0n) is 8.17. The van der Waals surface area contributed by atoms with Gasteiger partial charge in [0.05, 0.1) is 0 Å². The van der Waals surface area contributed by atoms with E-state index in [1.165, 1.54) is 6.39 Å². The molecule has 0 atom stereocenters. The van der Waals surface area contributed by atoms with Crippen LogP contribution in [0.4, 0.5) is 0 Å². The average Bonchev–Trinajstić information content (AvgIpc) is 2.73. The number of aromatic hydroxyl groups is 1. The van der Waals surface area contributed by atoms with E-state index in [-0.39, 0.29) is 12.4 Å². The predicted octanol–water partition coefficient (Wildman–Crippen LogP) is 1.66. The van der Waals surface area contributed by atoms with Gasteiger partial charge in [-0.2, -0.15) is 4.98 Å². The molecule has 0 saturated heterocycles. The molecule has 1 heterocycles. The first-order chi connectivity index (χ1) is 7.27. The van der Waals surface area contributed by atoms with E-state index in [2.05, 4.69) is 14.7 Å². The van der Waals surface area contributed by atoms with Gasteiger partial charge in [-0.15, -0.1) is 0 Å². The zero-order valence-corrected chi connectivity index (χ0v) is 8.17. The Morgan fingerprint density at radius 2 is 2.33 bits per heavy atom. The van der Waals surface area contributed by atoms with Gasteiger partial charge in [0.15, 0.2) is 6.61 Å². The number of rotatable bonds is 3. The van der Waals surface area contributed by atoms with Crippen LogP contribution >= 0.6 is 0 Å². The highest BCUT2D eigenvalue weighted by atomic mass is 16.5. The van der Waals surface area contributed by atoms with Crippen LogP contribution in [0.3, 0.4) is 0 Å². The molecule has 1 N–H and O–H groups in total. The summed E-state index contributed by atoms with van der Waals surface area (Å²) in [4.78, 5) is 3.82. The van der Waals surface area contributed by atoms with Crippen molar-refractivity contribution < 1.29 is 14.4 Å². The Labute approximate surface area is 86.3 Å². The summed E-state index contributed by atoms with van der Waals surface area (Å²) in [7, 11) is 0. The molecule has 1 aromatic heterocycles. The van der Waals surface area contributed by atoms with E-state index < -0.39 is 0 Å². The predicted molar refractivity (Wildman–Crippen MR) is 51.5 cm³/mol. The van der Waals surface area contributed by atoms with E-state index in [1.54, 1.807) is 25.1 Å². The minimum atomic E-state index is 0.209. The third kappa shape index (κ3) is 2.07. The summed E-state index contributed by atoms with van der Waals surface area (Å²) in [5.74, 6) is 1.29. The Hall–Kier alpha value is -2.04. The number of benzene rings is 1. The van der Waals surface area contributed by atoms with E-state index >= 15 is 0 Å². The van der Waals surface area contributed by atoms with Gasteiger partial charge in [0.2, 0.25) is 12.2 Å². The Morgan fingerprint density at radius 1 is 1.47 bits per heavy atom. The van der Waals surface area contributed by atoms with Crippen molar-refractivity contribution in [3.63, 3.8) is 0 Å². The second-order valence-electron chi connectivity index (χ2n) is 3.04. The summed E-state index contributed by atoms with van der Waals surface area (Å²) in [6, 6.07) is 5.10. The molecule has 78 valence electrons. The van der Waals surface area contributed by atoms with E-state index in [9.17, 15) is 5.11 Å². The highest BCUT2D eigenvalue weighted by molar-refractivity contribution is 5.42. The van der Waals surface area contributed by atoms with Crippen molar-refractivity contribution in [1.29, 1.82) is 0 Å². The average molecular weight is 206 g/mol. The van der Waals surface area contributed by atoms with Gasteiger partial charge >= 0.3 is 0 Å². The molecule has 0 aliphatic carbocycles. The number of phenolic OH excluding ortho intramolecular Hbond substituents is 1. The maximum Gasteiger partial charge on any atom is 0.213 e. The lowest BCUT2D eigenvalue weighted by atomic mass is 10.2. The second kappa shape index (κ2) is 4.00. The van der Waals surface area contributed by atoms with E-state index in [4.69, 9.17) is 4.74 Å². The van der Waals surface area contributed by atoms with Crippen LogP contribution in [0.15, 0.2) is 29.1 Å². The van der Waals surface area contributed by atoms with Crippen LogP contribution in [0.5, 0.6) is 11.5 Å². The van der Waals surface area contributed by atoms with E-state index in [0.717, 1.165) is 0 Å². The minimum Gasteiger partial charge on any atom is -0.508 e. The molecule has 0 spiro atoms. The molecule has 0 radical (unpaired) electrons. The number of aromatic nitrogens is 2. The standard InChI is InChI=1S/C10H10N2O3/c1-7-8(13)3-2-4-9(7)14-5-10-11-6-15-12-10/h2-4,6,13H,5H2,1H3. The third-order valence-electron chi connectivity index (χ3n) is 2.02. The number of nitrogens with zero attached hydrogens (tertiary/aromatic N) is 2. The highest BCUT2D eigenvalue weighted by Gasteiger charge is 2.05. The topological polar surface area (TPSA) is 68.4 Å². The fourth-order valence-corrected chi connectivity index (χ4v) is 1.16. The molecule has 0 unspecified atom stereocenters. The van der Waals surface area contributed by atoms with Gasteiger partial charge in [-0.25, -0.2) is 0 Å². The summed E-state index contributed by atoms with van der Waals surface area (Å²) in [5, 5.41) is 13.0. The Morgan fingerprint density at radius 3 is 3.07 bits per heavy atom. The molecule has 0 bridgehead atoms. The van der Waals surface area contributed by atoms with E-state index in [0.29, 0.717) is 17.1 Å². The number of phenols is 1. The largest absolute Gasteiger partial charge is 0.508 e. The van der Waals surface area contributed by atoms with Crippen molar-refractivity contribution in [3.8, 4) is 11.5 Å². The molecular formula is C10H10N2O3. The number of ether oxygens (including phenoxy) is 1. The zero-order chi connectivity index (χ0) is 10.7. The van der Waals surface area contributed by atoms with Crippen molar-refractivity contribution in [2.24, 2.45) is 0 Å². The molecule has 0 aliphatic heterocycles. The molecule has 5 heteroatoms. The Balaban J connectivity index is 2.08. The first kappa shape index (κ1) is 9.51. The summed E-state index contributed by atoms with van der Waals surface area (Å²) in [5.41, 5.74) is 0.695. The van der Waals surface area contributed by atoms with Gasteiger partial charge in [0, 0.05) is 5.56 Å². The molecule has 15 heavy (non-hydrogen) atoms. The Kier molecular flexibility index (Phi) is 2.53. The third-order valence-corrected chi connectivity index (χ3v) is 2.02. The summed E-state index contributed by atoms with van der Waals surface area (Å²) >= 11 is 0. The summed E-state index contributed by atoms with van der Waals surface area (Å²) < 4.78 is 9.98. The molecule has 1 aromatic carbocycles. The van der Waals surface area contributed by atoms with Gasteiger partial charge in [-0.1, -0.05) is 11.2 Å². The van der Waals surface area contributed by atoms with Gasteiger partial charge in [0.1, 0.15) is 11.5 Å². The lowest BCUT2D eigenvalue weighted by Gasteiger charge is -2.07. The number of hydrogen-bond acceptors (Lipinski definition) is 5. The van der Waals surface area contributed by atoms with Crippen molar-refractivity contribution in [3.05, 3.63) is 36.0 Å². The van der Waals surface area contributed by atoms with Crippen LogP contribution in [-0.4, -0.2) is 15.2 Å². The van der Waals surface area contributed by atoms with Gasteiger partial charge in [0.25, 0.3) is 0 Å². The first-order valence-electron chi connectivity index (χ1n) is 4.44. The van der Waals surface area contributed by atoms with Crippen LogP contribution in [0.2, 0.25) is 0 Å². The lowest BCUT2D eigenvalue weighted by molar-refractivity contribution is 0.283. The molecule has 5 nitrogen and oxygen atoms in total. The van der Waals surface area contributed by atoms with Gasteiger partial charge in [-0.05, 0) is 19.1 Å². The van der Waals surface area contributed by atoms with Crippen LogP contribution in [0, 0.1) is 6.92 Å². The highest BCUT2D eigenvalue weighted by Crippen LogP contribution is 2.26. The molecule has 0 amide bonds. The summed E-state index contributed by atoms with van der Waals surface area (Å²) in [6.45, 7) is 2.00. The lowest BCUT2D eigenvalue weighted by Crippen LogP contribution is -1.98.